The lowest BCUT2D eigenvalue weighted by molar-refractivity contribution is -0.123. The zero-order chi connectivity index (χ0) is 20.3. The summed E-state index contributed by atoms with van der Waals surface area (Å²) >= 11 is 1.50. The van der Waals surface area contributed by atoms with Gasteiger partial charge < -0.3 is 15.8 Å². The van der Waals surface area contributed by atoms with E-state index in [0.29, 0.717) is 49.0 Å². The molecule has 1 unspecified atom stereocenters. The lowest BCUT2D eigenvalue weighted by atomic mass is 9.88. The molecule has 1 fully saturated rings. The number of amides is 2. The number of fused-ring (bicyclic) bond motifs is 1. The van der Waals surface area contributed by atoms with Gasteiger partial charge in [-0.25, -0.2) is 4.79 Å². The van der Waals surface area contributed by atoms with Gasteiger partial charge in [-0.05, 0) is 63.6 Å². The van der Waals surface area contributed by atoms with Crippen LogP contribution in [-0.4, -0.2) is 48.9 Å². The van der Waals surface area contributed by atoms with Gasteiger partial charge in [0.15, 0.2) is 0 Å². The molecule has 28 heavy (non-hydrogen) atoms. The van der Waals surface area contributed by atoms with Crippen molar-refractivity contribution in [2.75, 3.05) is 31.6 Å². The Bertz CT molecular complexity index is 753. The first-order chi connectivity index (χ1) is 13.4. The summed E-state index contributed by atoms with van der Waals surface area (Å²) < 4.78 is 5.25. The maximum absolute atomic E-state index is 12.6. The molecule has 0 saturated carbocycles. The third-order valence-corrected chi connectivity index (χ3v) is 6.77. The Morgan fingerprint density at radius 1 is 1.25 bits per heavy atom. The standard InChI is InChI=1S/C20H29N3O4S/c1-3-27-20(26)17-14-5-4-12(2)10-15(14)28-19(17)22-16(24)11-23-8-6-13(7-9-23)18(21)25/h12-13H,3-11H2,1-2H3,(H2,21,25)(H,22,24). The summed E-state index contributed by atoms with van der Waals surface area (Å²) in [5.74, 6) is -0.277. The van der Waals surface area contributed by atoms with Crippen molar-refractivity contribution in [3.8, 4) is 0 Å². The van der Waals surface area contributed by atoms with Gasteiger partial charge in [0.1, 0.15) is 5.00 Å². The van der Waals surface area contributed by atoms with Crippen LogP contribution in [-0.2, 0) is 27.2 Å². The van der Waals surface area contributed by atoms with E-state index in [0.717, 1.165) is 24.8 Å². The Morgan fingerprint density at radius 2 is 1.96 bits per heavy atom. The van der Waals surface area contributed by atoms with Gasteiger partial charge in [0, 0.05) is 10.8 Å². The molecule has 1 saturated heterocycles. The monoisotopic (exact) mass is 407 g/mol. The molecule has 2 aliphatic rings. The summed E-state index contributed by atoms with van der Waals surface area (Å²) in [5.41, 5.74) is 6.94. The molecule has 0 bridgehead atoms. The molecule has 154 valence electrons. The number of esters is 1. The second-order valence-corrected chi connectivity index (χ2v) is 8.88. The first-order valence-electron chi connectivity index (χ1n) is 10.0. The van der Waals surface area contributed by atoms with E-state index in [1.165, 1.54) is 16.2 Å². The summed E-state index contributed by atoms with van der Waals surface area (Å²) in [7, 11) is 0. The quantitative estimate of drug-likeness (QED) is 0.704. The highest BCUT2D eigenvalue weighted by molar-refractivity contribution is 7.17. The molecule has 1 atom stereocenters. The summed E-state index contributed by atoms with van der Waals surface area (Å²) in [6.45, 7) is 5.89. The molecule has 1 aliphatic carbocycles. The van der Waals surface area contributed by atoms with Crippen molar-refractivity contribution < 1.29 is 19.1 Å². The van der Waals surface area contributed by atoms with E-state index >= 15 is 0 Å². The van der Waals surface area contributed by atoms with Crippen molar-refractivity contribution in [1.82, 2.24) is 4.90 Å². The Labute approximate surface area is 169 Å². The maximum atomic E-state index is 12.6. The van der Waals surface area contributed by atoms with Gasteiger partial charge in [-0.15, -0.1) is 11.3 Å². The number of nitrogens with zero attached hydrogens (tertiary/aromatic N) is 1. The van der Waals surface area contributed by atoms with Crippen molar-refractivity contribution >= 4 is 34.1 Å². The summed E-state index contributed by atoms with van der Waals surface area (Å²) in [6, 6.07) is 0. The van der Waals surface area contributed by atoms with Crippen LogP contribution in [0.5, 0.6) is 0 Å². The maximum Gasteiger partial charge on any atom is 0.341 e. The summed E-state index contributed by atoms with van der Waals surface area (Å²) in [4.78, 5) is 39.6. The molecular weight excluding hydrogens is 378 g/mol. The van der Waals surface area contributed by atoms with E-state index in [4.69, 9.17) is 10.5 Å². The fourth-order valence-electron chi connectivity index (χ4n) is 4.00. The SMILES string of the molecule is CCOC(=O)c1c(NC(=O)CN2CCC(C(N)=O)CC2)sc2c1CCC(C)C2. The first-order valence-corrected chi connectivity index (χ1v) is 10.8. The molecule has 1 aromatic heterocycles. The van der Waals surface area contributed by atoms with E-state index in [2.05, 4.69) is 12.2 Å². The normalized spacial score (nSPS) is 20.4. The number of thiophene rings is 1. The van der Waals surface area contributed by atoms with E-state index < -0.39 is 0 Å². The number of nitrogens with two attached hydrogens (primary N) is 1. The van der Waals surface area contributed by atoms with Gasteiger partial charge >= 0.3 is 5.97 Å². The van der Waals surface area contributed by atoms with Gasteiger partial charge in [0.2, 0.25) is 11.8 Å². The average Bonchev–Trinajstić information content (AvgIpc) is 2.98. The lowest BCUT2D eigenvalue weighted by Gasteiger charge is -2.29. The number of carbonyl (C=O) groups excluding carboxylic acids is 3. The number of piperidine rings is 1. The summed E-state index contributed by atoms with van der Waals surface area (Å²) in [5, 5.41) is 3.55. The fraction of sp³-hybridized carbons (Fsp3) is 0.650. The molecule has 0 aromatic carbocycles. The number of rotatable bonds is 6. The summed E-state index contributed by atoms with van der Waals surface area (Å²) in [6.07, 6.45) is 4.18. The Balaban J connectivity index is 1.68. The minimum Gasteiger partial charge on any atom is -0.462 e. The second kappa shape index (κ2) is 9.05. The zero-order valence-electron chi connectivity index (χ0n) is 16.6. The van der Waals surface area contributed by atoms with Crippen LogP contribution < -0.4 is 11.1 Å². The minimum absolute atomic E-state index is 0.0965. The Kier molecular flexibility index (Phi) is 6.72. The molecule has 3 rings (SSSR count). The highest BCUT2D eigenvalue weighted by Gasteiger charge is 2.30. The van der Waals surface area contributed by atoms with Crippen molar-refractivity contribution in [3.63, 3.8) is 0 Å². The van der Waals surface area contributed by atoms with Crippen LogP contribution in [0.4, 0.5) is 5.00 Å². The molecule has 0 spiro atoms. The predicted octanol–water partition coefficient (Wildman–Crippen LogP) is 2.19. The fourth-order valence-corrected chi connectivity index (χ4v) is 5.42. The number of primary amides is 1. The van der Waals surface area contributed by atoms with E-state index in [-0.39, 0.29) is 30.2 Å². The van der Waals surface area contributed by atoms with Crippen LogP contribution in [0.1, 0.15) is 53.9 Å². The van der Waals surface area contributed by atoms with E-state index in [1.54, 1.807) is 6.92 Å². The largest absolute Gasteiger partial charge is 0.462 e. The number of nitrogens with one attached hydrogen (secondary N) is 1. The number of hydrogen-bond donors (Lipinski definition) is 2. The molecule has 2 amide bonds. The number of anilines is 1. The molecule has 0 radical (unpaired) electrons. The number of ether oxygens (including phenoxy) is 1. The van der Waals surface area contributed by atoms with E-state index in [1.807, 2.05) is 4.90 Å². The molecule has 1 aromatic rings. The second-order valence-electron chi connectivity index (χ2n) is 7.78. The Morgan fingerprint density at radius 3 is 2.61 bits per heavy atom. The number of hydrogen-bond acceptors (Lipinski definition) is 6. The number of carbonyl (C=O) groups is 3. The molecule has 2 heterocycles. The lowest BCUT2D eigenvalue weighted by Crippen LogP contribution is -2.42. The third kappa shape index (κ3) is 4.72. The Hall–Kier alpha value is -1.93. The third-order valence-electron chi connectivity index (χ3n) is 5.60. The van der Waals surface area contributed by atoms with Gasteiger partial charge in [0.25, 0.3) is 0 Å². The molecule has 7 nitrogen and oxygen atoms in total. The van der Waals surface area contributed by atoms with Crippen LogP contribution in [0.15, 0.2) is 0 Å². The van der Waals surface area contributed by atoms with Crippen LogP contribution in [0.3, 0.4) is 0 Å². The average molecular weight is 408 g/mol. The van der Waals surface area contributed by atoms with Crippen LogP contribution in [0, 0.1) is 11.8 Å². The minimum atomic E-state index is -0.355. The molecule has 3 N–H and O–H groups in total. The van der Waals surface area contributed by atoms with Crippen LogP contribution in [0.25, 0.3) is 0 Å². The van der Waals surface area contributed by atoms with Crippen LogP contribution in [0.2, 0.25) is 0 Å². The van der Waals surface area contributed by atoms with Gasteiger partial charge in [0.05, 0.1) is 18.7 Å². The zero-order valence-corrected chi connectivity index (χ0v) is 17.4. The van der Waals surface area contributed by atoms with Crippen molar-refractivity contribution in [2.24, 2.45) is 17.6 Å². The highest BCUT2D eigenvalue weighted by Crippen LogP contribution is 2.40. The predicted molar refractivity (Wildman–Crippen MR) is 108 cm³/mol. The van der Waals surface area contributed by atoms with Crippen molar-refractivity contribution in [2.45, 2.75) is 46.0 Å². The first kappa shape index (κ1) is 20.8. The smallest absolute Gasteiger partial charge is 0.341 e. The van der Waals surface area contributed by atoms with Gasteiger partial charge in [-0.2, -0.15) is 0 Å². The molecule has 8 heteroatoms. The van der Waals surface area contributed by atoms with Gasteiger partial charge in [-0.3, -0.25) is 14.5 Å². The topological polar surface area (TPSA) is 102 Å². The molecule has 1 aliphatic heterocycles. The highest BCUT2D eigenvalue weighted by atomic mass is 32.1. The van der Waals surface area contributed by atoms with Crippen molar-refractivity contribution in [3.05, 3.63) is 16.0 Å². The number of likely N-dealkylation sites (tertiary alicyclic amines) is 1. The van der Waals surface area contributed by atoms with Crippen molar-refractivity contribution in [1.29, 1.82) is 0 Å². The van der Waals surface area contributed by atoms with E-state index in [9.17, 15) is 14.4 Å². The van der Waals surface area contributed by atoms with Gasteiger partial charge in [-0.1, -0.05) is 6.92 Å². The molecular formula is C20H29N3O4S. The van der Waals surface area contributed by atoms with Crippen LogP contribution >= 0.6 is 11.3 Å².